The SMILES string of the molecule is CCN(CC)[C@@H](C)CNC(=O)c1cc(-c2cn[nH]c2C)nc(-c2cnn3ccc(-c4cccs4)nc23)c1. The molecule has 0 unspecified atom stereocenters. The predicted octanol–water partition coefficient (Wildman–Crippen LogP) is 4.68. The molecule has 0 aromatic carbocycles. The van der Waals surface area contributed by atoms with Crippen LogP contribution in [-0.4, -0.2) is 66.3 Å². The Morgan fingerprint density at radius 3 is 2.57 bits per heavy atom. The van der Waals surface area contributed by atoms with E-state index in [0.29, 0.717) is 29.1 Å². The molecule has 10 heteroatoms. The van der Waals surface area contributed by atoms with Crippen LogP contribution < -0.4 is 5.32 Å². The fourth-order valence-corrected chi connectivity index (χ4v) is 5.17. The molecule has 5 aromatic rings. The number of thiophene rings is 1. The van der Waals surface area contributed by atoms with Crippen LogP contribution in [0.25, 0.3) is 38.7 Å². The number of likely N-dealkylation sites (N-methyl/N-ethyl adjacent to an activating group) is 1. The third-order valence-electron chi connectivity index (χ3n) is 6.61. The summed E-state index contributed by atoms with van der Waals surface area (Å²) in [6.07, 6.45) is 5.38. The van der Waals surface area contributed by atoms with Crippen molar-refractivity contribution in [3.8, 4) is 33.1 Å². The van der Waals surface area contributed by atoms with Crippen molar-refractivity contribution in [2.24, 2.45) is 0 Å². The molecule has 0 radical (unpaired) electrons. The summed E-state index contributed by atoms with van der Waals surface area (Å²) >= 11 is 1.64. The lowest BCUT2D eigenvalue weighted by Gasteiger charge is -2.26. The first-order valence-electron chi connectivity index (χ1n) is 12.4. The fraction of sp³-hybridized carbons (Fsp3) is 0.296. The van der Waals surface area contributed by atoms with Crippen LogP contribution in [0.15, 0.2) is 54.3 Å². The molecule has 0 saturated carbocycles. The minimum absolute atomic E-state index is 0.145. The number of fused-ring (bicyclic) bond motifs is 1. The van der Waals surface area contributed by atoms with Crippen molar-refractivity contribution in [3.05, 3.63) is 65.6 Å². The van der Waals surface area contributed by atoms with Crippen molar-refractivity contribution in [2.45, 2.75) is 33.7 Å². The summed E-state index contributed by atoms with van der Waals surface area (Å²) in [5, 5.41) is 16.7. The number of nitrogens with one attached hydrogen (secondary N) is 2. The van der Waals surface area contributed by atoms with Crippen LogP contribution in [0.5, 0.6) is 0 Å². The van der Waals surface area contributed by atoms with E-state index in [1.807, 2.05) is 48.8 Å². The Morgan fingerprint density at radius 1 is 1.11 bits per heavy atom. The van der Waals surface area contributed by atoms with Crippen LogP contribution in [0.1, 0.15) is 36.8 Å². The zero-order valence-corrected chi connectivity index (χ0v) is 22.2. The van der Waals surface area contributed by atoms with E-state index in [2.05, 4.69) is 46.3 Å². The molecule has 0 saturated heterocycles. The van der Waals surface area contributed by atoms with E-state index in [1.165, 1.54) is 0 Å². The number of rotatable bonds is 9. The number of hydrogen-bond acceptors (Lipinski definition) is 7. The molecule has 0 fully saturated rings. The maximum absolute atomic E-state index is 13.3. The number of H-pyrrole nitrogens is 1. The second-order valence-corrected chi connectivity index (χ2v) is 9.88. The van der Waals surface area contributed by atoms with E-state index in [9.17, 15) is 4.79 Å². The highest BCUT2D eigenvalue weighted by molar-refractivity contribution is 7.13. The monoisotopic (exact) mass is 514 g/mol. The van der Waals surface area contributed by atoms with Crippen LogP contribution in [-0.2, 0) is 0 Å². The van der Waals surface area contributed by atoms with E-state index in [-0.39, 0.29) is 11.9 Å². The Balaban J connectivity index is 1.55. The summed E-state index contributed by atoms with van der Waals surface area (Å²) < 4.78 is 1.73. The van der Waals surface area contributed by atoms with Crippen molar-refractivity contribution in [2.75, 3.05) is 19.6 Å². The average molecular weight is 515 g/mol. The van der Waals surface area contributed by atoms with Gasteiger partial charge in [0.05, 0.1) is 39.9 Å². The second kappa shape index (κ2) is 10.6. The molecular formula is C27H30N8OS. The Bertz CT molecular complexity index is 1520. The van der Waals surface area contributed by atoms with Crippen LogP contribution >= 0.6 is 11.3 Å². The first-order chi connectivity index (χ1) is 18.0. The van der Waals surface area contributed by atoms with Gasteiger partial charge in [0.25, 0.3) is 5.91 Å². The molecule has 0 aliphatic rings. The van der Waals surface area contributed by atoms with Crippen LogP contribution in [0.4, 0.5) is 0 Å². The first-order valence-corrected chi connectivity index (χ1v) is 13.3. The highest BCUT2D eigenvalue weighted by Crippen LogP contribution is 2.30. The number of carbonyl (C=O) groups is 1. The van der Waals surface area contributed by atoms with E-state index < -0.39 is 0 Å². The zero-order chi connectivity index (χ0) is 25.9. The number of aryl methyl sites for hydroxylation is 1. The molecule has 0 aliphatic heterocycles. The highest BCUT2D eigenvalue weighted by Gasteiger charge is 2.19. The summed E-state index contributed by atoms with van der Waals surface area (Å²) in [5.41, 5.74) is 5.86. The third kappa shape index (κ3) is 5.03. The van der Waals surface area contributed by atoms with Gasteiger partial charge in [0, 0.05) is 35.6 Å². The lowest BCUT2D eigenvalue weighted by Crippen LogP contribution is -2.42. The van der Waals surface area contributed by atoms with Crippen LogP contribution in [0.3, 0.4) is 0 Å². The van der Waals surface area contributed by atoms with Gasteiger partial charge in [-0.2, -0.15) is 10.2 Å². The van der Waals surface area contributed by atoms with Gasteiger partial charge < -0.3 is 5.32 Å². The van der Waals surface area contributed by atoms with E-state index in [1.54, 1.807) is 28.2 Å². The average Bonchev–Trinajstić information content (AvgIpc) is 3.68. The Hall–Kier alpha value is -3.89. The zero-order valence-electron chi connectivity index (χ0n) is 21.4. The van der Waals surface area contributed by atoms with Gasteiger partial charge >= 0.3 is 0 Å². The Labute approximate surface area is 219 Å². The number of carbonyl (C=O) groups excluding carboxylic acids is 1. The number of amides is 1. The summed E-state index contributed by atoms with van der Waals surface area (Å²) in [6.45, 7) is 10.8. The van der Waals surface area contributed by atoms with Crippen molar-refractivity contribution in [1.82, 2.24) is 40.0 Å². The smallest absolute Gasteiger partial charge is 0.251 e. The fourth-order valence-electron chi connectivity index (χ4n) is 4.48. The standard InChI is InChI=1S/C27H30N8OS/c1-5-34(6-2)17(3)14-28-27(36)19-12-23(20-15-29-33-18(20)4)31-24(13-19)21-16-30-35-10-9-22(32-26(21)35)25-8-7-11-37-25/h7-13,15-17H,5-6,14H2,1-4H3,(H,28,36)(H,29,33)/t17-/m0/s1. The summed E-state index contributed by atoms with van der Waals surface area (Å²) in [6, 6.07) is 9.86. The van der Waals surface area contributed by atoms with Crippen molar-refractivity contribution >= 4 is 22.9 Å². The topological polar surface area (TPSA) is 104 Å². The van der Waals surface area contributed by atoms with Crippen molar-refractivity contribution < 1.29 is 4.79 Å². The molecule has 0 aliphatic carbocycles. The van der Waals surface area contributed by atoms with Gasteiger partial charge in [0.15, 0.2) is 5.65 Å². The van der Waals surface area contributed by atoms with Gasteiger partial charge in [0.2, 0.25) is 0 Å². The molecule has 5 rings (SSSR count). The van der Waals surface area contributed by atoms with Crippen LogP contribution in [0.2, 0.25) is 0 Å². The highest BCUT2D eigenvalue weighted by atomic mass is 32.1. The van der Waals surface area contributed by atoms with Crippen molar-refractivity contribution in [1.29, 1.82) is 0 Å². The second-order valence-electron chi connectivity index (χ2n) is 8.93. The van der Waals surface area contributed by atoms with E-state index in [0.717, 1.165) is 40.5 Å². The predicted molar refractivity (Wildman–Crippen MR) is 147 cm³/mol. The lowest BCUT2D eigenvalue weighted by atomic mass is 10.1. The van der Waals surface area contributed by atoms with Crippen LogP contribution in [0, 0.1) is 6.92 Å². The Kier molecular flexibility index (Phi) is 7.11. The van der Waals surface area contributed by atoms with Gasteiger partial charge in [-0.3, -0.25) is 14.8 Å². The Morgan fingerprint density at radius 2 is 1.89 bits per heavy atom. The summed E-state index contributed by atoms with van der Waals surface area (Å²) in [4.78, 5) is 26.5. The summed E-state index contributed by atoms with van der Waals surface area (Å²) in [5.74, 6) is -0.145. The molecule has 190 valence electrons. The molecule has 37 heavy (non-hydrogen) atoms. The van der Waals surface area contributed by atoms with Crippen molar-refractivity contribution in [3.63, 3.8) is 0 Å². The maximum atomic E-state index is 13.3. The van der Waals surface area contributed by atoms with Gasteiger partial charge in [-0.05, 0) is 56.6 Å². The molecule has 1 amide bonds. The largest absolute Gasteiger partial charge is 0.350 e. The minimum Gasteiger partial charge on any atom is -0.350 e. The maximum Gasteiger partial charge on any atom is 0.251 e. The van der Waals surface area contributed by atoms with Gasteiger partial charge in [-0.25, -0.2) is 14.5 Å². The normalized spacial score (nSPS) is 12.4. The number of pyridine rings is 1. The van der Waals surface area contributed by atoms with Gasteiger partial charge in [-0.1, -0.05) is 19.9 Å². The van der Waals surface area contributed by atoms with E-state index >= 15 is 0 Å². The minimum atomic E-state index is -0.145. The molecule has 0 spiro atoms. The number of hydrogen-bond donors (Lipinski definition) is 2. The molecular weight excluding hydrogens is 484 g/mol. The molecule has 1 atom stereocenters. The van der Waals surface area contributed by atoms with E-state index in [4.69, 9.17) is 9.97 Å². The quantitative estimate of drug-likeness (QED) is 0.296. The third-order valence-corrected chi connectivity index (χ3v) is 7.50. The van der Waals surface area contributed by atoms with Gasteiger partial charge in [0.1, 0.15) is 0 Å². The lowest BCUT2D eigenvalue weighted by molar-refractivity contribution is 0.0938. The summed E-state index contributed by atoms with van der Waals surface area (Å²) in [7, 11) is 0. The molecule has 9 nitrogen and oxygen atoms in total. The number of nitrogens with zero attached hydrogens (tertiary/aromatic N) is 6. The first kappa shape index (κ1) is 24.8. The number of aromatic amines is 1. The molecule has 5 aromatic heterocycles. The number of aromatic nitrogens is 6. The molecule has 5 heterocycles. The molecule has 0 bridgehead atoms. The van der Waals surface area contributed by atoms with Gasteiger partial charge in [-0.15, -0.1) is 11.3 Å². The molecule has 2 N–H and O–H groups in total.